The highest BCUT2D eigenvalue weighted by atomic mass is 32.2. The number of rotatable bonds is 5. The molecule has 2 aliphatic rings. The van der Waals surface area contributed by atoms with Crippen LogP contribution in [-0.4, -0.2) is 47.8 Å². The van der Waals surface area contributed by atoms with Gasteiger partial charge in [-0.15, -0.1) is 0 Å². The van der Waals surface area contributed by atoms with Crippen LogP contribution in [0.5, 0.6) is 11.5 Å². The van der Waals surface area contributed by atoms with E-state index in [2.05, 4.69) is 5.32 Å². The predicted octanol–water partition coefficient (Wildman–Crippen LogP) is 2.58. The summed E-state index contributed by atoms with van der Waals surface area (Å²) in [5.41, 5.74) is 0.791. The molecule has 6 nitrogen and oxygen atoms in total. The van der Waals surface area contributed by atoms with Gasteiger partial charge in [0.1, 0.15) is 4.32 Å². The Labute approximate surface area is 161 Å². The quantitative estimate of drug-likeness (QED) is 0.614. The summed E-state index contributed by atoms with van der Waals surface area (Å²) in [6.45, 7) is 1.59. The van der Waals surface area contributed by atoms with Crippen molar-refractivity contribution in [1.29, 1.82) is 0 Å². The molecule has 8 heteroatoms. The van der Waals surface area contributed by atoms with Crippen molar-refractivity contribution in [2.45, 2.75) is 19.3 Å². The first-order chi connectivity index (χ1) is 12.6. The summed E-state index contributed by atoms with van der Waals surface area (Å²) in [7, 11) is 1.54. The molecule has 0 atom stereocenters. The van der Waals surface area contributed by atoms with E-state index in [1.165, 1.54) is 25.3 Å². The highest BCUT2D eigenvalue weighted by molar-refractivity contribution is 8.26. The highest BCUT2D eigenvalue weighted by Gasteiger charge is 2.22. The number of likely N-dealkylation sites (tertiary alicyclic amines) is 1. The average Bonchev–Trinajstić information content (AvgIpc) is 2.97. The molecule has 2 aliphatic heterocycles. The number of nitrogens with zero attached hydrogens (tertiary/aromatic N) is 1. The lowest BCUT2D eigenvalue weighted by Crippen LogP contribution is -2.38. The fourth-order valence-corrected chi connectivity index (χ4v) is 3.88. The molecule has 138 valence electrons. The minimum absolute atomic E-state index is 0.00881. The molecule has 0 bridgehead atoms. The molecule has 1 aromatic rings. The Balaban J connectivity index is 1.67. The monoisotopic (exact) mass is 392 g/mol. The smallest absolute Gasteiger partial charge is 0.263 e. The third kappa shape index (κ3) is 4.56. The van der Waals surface area contributed by atoms with Crippen LogP contribution < -0.4 is 14.8 Å². The summed E-state index contributed by atoms with van der Waals surface area (Å²) in [6, 6.07) is 5.32. The van der Waals surface area contributed by atoms with Gasteiger partial charge in [-0.05, 0) is 43.0 Å². The normalized spacial score (nSPS) is 18.8. The molecule has 0 spiro atoms. The van der Waals surface area contributed by atoms with Gasteiger partial charge < -0.3 is 19.7 Å². The summed E-state index contributed by atoms with van der Waals surface area (Å²) in [5.74, 6) is 0.799. The van der Waals surface area contributed by atoms with E-state index in [9.17, 15) is 9.59 Å². The van der Waals surface area contributed by atoms with Crippen molar-refractivity contribution in [3.05, 3.63) is 28.7 Å². The van der Waals surface area contributed by atoms with Gasteiger partial charge in [0.05, 0.1) is 12.0 Å². The van der Waals surface area contributed by atoms with Gasteiger partial charge >= 0.3 is 0 Å². The zero-order chi connectivity index (χ0) is 18.5. The number of nitrogens with one attached hydrogen (secondary N) is 1. The lowest BCUT2D eigenvalue weighted by molar-refractivity contribution is -0.134. The maximum Gasteiger partial charge on any atom is 0.263 e. The predicted molar refractivity (Wildman–Crippen MR) is 105 cm³/mol. The van der Waals surface area contributed by atoms with Crippen LogP contribution in [0.25, 0.3) is 6.08 Å². The molecule has 0 unspecified atom stereocenters. The topological polar surface area (TPSA) is 67.9 Å². The van der Waals surface area contributed by atoms with Crippen LogP contribution in [0.3, 0.4) is 0 Å². The maximum atomic E-state index is 12.2. The van der Waals surface area contributed by atoms with E-state index < -0.39 is 0 Å². The van der Waals surface area contributed by atoms with Gasteiger partial charge in [0.2, 0.25) is 0 Å². The molecule has 0 radical (unpaired) electrons. The molecule has 2 fully saturated rings. The molecule has 0 aromatic heterocycles. The Hall–Kier alpha value is -2.06. The zero-order valence-electron chi connectivity index (χ0n) is 14.4. The number of amides is 2. The summed E-state index contributed by atoms with van der Waals surface area (Å²) >= 11 is 6.21. The lowest BCUT2D eigenvalue weighted by Gasteiger charge is -2.26. The number of carbonyl (C=O) groups excluding carboxylic acids is 2. The van der Waals surface area contributed by atoms with E-state index in [4.69, 9.17) is 21.7 Å². The van der Waals surface area contributed by atoms with E-state index in [0.29, 0.717) is 20.7 Å². The first kappa shape index (κ1) is 18.7. The number of carbonyl (C=O) groups is 2. The molecular formula is C18H20N2O4S2. The van der Waals surface area contributed by atoms with Gasteiger partial charge in [0.15, 0.2) is 18.1 Å². The van der Waals surface area contributed by atoms with Crippen LogP contribution in [0.2, 0.25) is 0 Å². The third-order valence-electron chi connectivity index (χ3n) is 4.19. The molecule has 26 heavy (non-hydrogen) atoms. The van der Waals surface area contributed by atoms with Crippen LogP contribution in [0.1, 0.15) is 24.8 Å². The highest BCUT2D eigenvalue weighted by Crippen LogP contribution is 2.31. The fraction of sp³-hybridized carbons (Fsp3) is 0.389. The molecule has 2 amide bonds. The van der Waals surface area contributed by atoms with E-state index in [0.717, 1.165) is 31.5 Å². The summed E-state index contributed by atoms with van der Waals surface area (Å²) < 4.78 is 11.5. The molecule has 0 saturated carbocycles. The minimum Gasteiger partial charge on any atom is -0.493 e. The molecule has 0 aliphatic carbocycles. The fourth-order valence-electron chi connectivity index (χ4n) is 2.84. The molecular weight excluding hydrogens is 372 g/mol. The van der Waals surface area contributed by atoms with Crippen molar-refractivity contribution in [2.75, 3.05) is 26.8 Å². The van der Waals surface area contributed by atoms with E-state index in [-0.39, 0.29) is 18.4 Å². The Morgan fingerprint density at radius 3 is 2.73 bits per heavy atom. The van der Waals surface area contributed by atoms with Crippen molar-refractivity contribution in [1.82, 2.24) is 10.2 Å². The van der Waals surface area contributed by atoms with Gasteiger partial charge in [-0.2, -0.15) is 0 Å². The summed E-state index contributed by atoms with van der Waals surface area (Å²) in [6.07, 6.45) is 5.02. The molecule has 2 heterocycles. The molecule has 1 aromatic carbocycles. The average molecular weight is 393 g/mol. The SMILES string of the molecule is COc1cc(C=C2SC(=S)NC2=O)ccc1OCC(=O)N1CCCCC1. The van der Waals surface area contributed by atoms with Crippen molar-refractivity contribution in [3.63, 3.8) is 0 Å². The maximum absolute atomic E-state index is 12.2. The number of methoxy groups -OCH3 is 1. The second-order valence-corrected chi connectivity index (χ2v) is 7.71. The van der Waals surface area contributed by atoms with Crippen LogP contribution in [-0.2, 0) is 9.59 Å². The van der Waals surface area contributed by atoms with Crippen molar-refractivity contribution in [3.8, 4) is 11.5 Å². The standard InChI is InChI=1S/C18H20N2O4S2/c1-23-14-9-12(10-15-17(22)19-18(25)26-15)5-6-13(14)24-11-16(21)20-7-3-2-4-8-20/h5-6,9-10H,2-4,7-8,11H2,1H3,(H,19,22,25). The van der Waals surface area contributed by atoms with Crippen molar-refractivity contribution >= 4 is 46.2 Å². The van der Waals surface area contributed by atoms with Gasteiger partial charge in [-0.3, -0.25) is 9.59 Å². The van der Waals surface area contributed by atoms with E-state index >= 15 is 0 Å². The number of thiocarbonyl (C=S) groups is 1. The number of piperidine rings is 1. The van der Waals surface area contributed by atoms with Crippen LogP contribution >= 0.6 is 24.0 Å². The first-order valence-corrected chi connectivity index (χ1v) is 9.63. The number of thioether (sulfide) groups is 1. The van der Waals surface area contributed by atoms with Crippen LogP contribution in [0.4, 0.5) is 0 Å². The number of hydrogen-bond acceptors (Lipinski definition) is 6. The Morgan fingerprint density at radius 1 is 1.31 bits per heavy atom. The second kappa shape index (κ2) is 8.55. The summed E-state index contributed by atoms with van der Waals surface area (Å²) in [5, 5.41) is 2.58. The van der Waals surface area contributed by atoms with Gasteiger partial charge in [-0.1, -0.05) is 30.0 Å². The Morgan fingerprint density at radius 2 is 2.08 bits per heavy atom. The second-order valence-electron chi connectivity index (χ2n) is 5.99. The van der Waals surface area contributed by atoms with Gasteiger partial charge in [0.25, 0.3) is 11.8 Å². The minimum atomic E-state index is -0.202. The lowest BCUT2D eigenvalue weighted by atomic mass is 10.1. The summed E-state index contributed by atoms with van der Waals surface area (Å²) in [4.78, 5) is 26.4. The Kier molecular flexibility index (Phi) is 6.16. The largest absolute Gasteiger partial charge is 0.493 e. The van der Waals surface area contributed by atoms with Gasteiger partial charge in [0, 0.05) is 13.1 Å². The van der Waals surface area contributed by atoms with E-state index in [1.54, 1.807) is 18.2 Å². The molecule has 3 rings (SSSR count). The first-order valence-electron chi connectivity index (χ1n) is 8.40. The van der Waals surface area contributed by atoms with Crippen LogP contribution in [0.15, 0.2) is 23.1 Å². The third-order valence-corrected chi connectivity index (χ3v) is 5.35. The van der Waals surface area contributed by atoms with E-state index in [1.807, 2.05) is 11.0 Å². The number of ether oxygens (including phenoxy) is 2. The zero-order valence-corrected chi connectivity index (χ0v) is 16.1. The van der Waals surface area contributed by atoms with Crippen LogP contribution in [0, 0.1) is 0 Å². The van der Waals surface area contributed by atoms with Gasteiger partial charge in [-0.25, -0.2) is 0 Å². The Bertz CT molecular complexity index is 758. The number of benzene rings is 1. The number of hydrogen-bond donors (Lipinski definition) is 1. The molecule has 1 N–H and O–H groups in total. The molecule has 2 saturated heterocycles. The van der Waals surface area contributed by atoms with Crippen molar-refractivity contribution in [2.24, 2.45) is 0 Å². The van der Waals surface area contributed by atoms with Crippen molar-refractivity contribution < 1.29 is 19.1 Å².